The summed E-state index contributed by atoms with van der Waals surface area (Å²) in [6.07, 6.45) is 1.08. The van der Waals surface area contributed by atoms with Crippen molar-refractivity contribution in [2.24, 2.45) is 5.41 Å². The van der Waals surface area contributed by atoms with Gasteiger partial charge < -0.3 is 10.2 Å². The van der Waals surface area contributed by atoms with Gasteiger partial charge >= 0.3 is 0 Å². The maximum atomic E-state index is 13.3. The lowest BCUT2D eigenvalue weighted by atomic mass is 9.86. The molecule has 0 aromatic heterocycles. The second kappa shape index (κ2) is 6.57. The van der Waals surface area contributed by atoms with E-state index in [1.54, 1.807) is 12.1 Å². The molecule has 1 atom stereocenters. The monoisotopic (exact) mass is 280 g/mol. The second-order valence-electron chi connectivity index (χ2n) is 7.10. The lowest BCUT2D eigenvalue weighted by Crippen LogP contribution is -2.46. The topological polar surface area (TPSA) is 15.3 Å². The zero-order valence-electron chi connectivity index (χ0n) is 13.8. The quantitative estimate of drug-likeness (QED) is 0.845. The highest BCUT2D eigenvalue weighted by Crippen LogP contribution is 2.25. The fourth-order valence-corrected chi connectivity index (χ4v) is 2.15. The highest BCUT2D eigenvalue weighted by molar-refractivity contribution is 5.45. The molecule has 1 N–H and O–H groups in total. The molecule has 0 spiro atoms. The van der Waals surface area contributed by atoms with Crippen molar-refractivity contribution in [3.63, 3.8) is 0 Å². The number of halogens is 1. The van der Waals surface area contributed by atoms with Crippen molar-refractivity contribution in [2.75, 3.05) is 25.0 Å². The van der Waals surface area contributed by atoms with Gasteiger partial charge in [-0.15, -0.1) is 0 Å². The summed E-state index contributed by atoms with van der Waals surface area (Å²) in [6.45, 7) is 12.9. The van der Waals surface area contributed by atoms with Gasteiger partial charge in [0.25, 0.3) is 0 Å². The summed E-state index contributed by atoms with van der Waals surface area (Å²) in [5.41, 5.74) is 1.21. The Balaban J connectivity index is 2.71. The van der Waals surface area contributed by atoms with Gasteiger partial charge in [0.05, 0.1) is 0 Å². The minimum absolute atomic E-state index is 0.119. The van der Waals surface area contributed by atoms with Gasteiger partial charge in [0.15, 0.2) is 0 Å². The predicted molar refractivity (Wildman–Crippen MR) is 85.8 cm³/mol. The zero-order valence-corrected chi connectivity index (χ0v) is 13.8. The maximum Gasteiger partial charge on any atom is 0.125 e. The fourth-order valence-electron chi connectivity index (χ4n) is 2.15. The van der Waals surface area contributed by atoms with E-state index in [1.165, 1.54) is 6.07 Å². The summed E-state index contributed by atoms with van der Waals surface area (Å²) in [5.74, 6) is -0.180. The third-order valence-electron chi connectivity index (χ3n) is 3.77. The Morgan fingerprint density at radius 2 is 1.85 bits per heavy atom. The Bertz CT molecular complexity index is 425. The molecule has 1 rings (SSSR count). The van der Waals surface area contributed by atoms with Gasteiger partial charge in [-0.05, 0) is 50.8 Å². The smallest absolute Gasteiger partial charge is 0.125 e. The molecule has 0 saturated heterocycles. The molecule has 0 aliphatic rings. The molecule has 0 bridgehead atoms. The SMILES string of the molecule is CCC(C)(CNC(C)(C)C)CN(C)c1cccc(F)c1. The van der Waals surface area contributed by atoms with Crippen LogP contribution < -0.4 is 10.2 Å². The van der Waals surface area contributed by atoms with E-state index >= 15 is 0 Å². The summed E-state index contributed by atoms with van der Waals surface area (Å²) in [5, 5.41) is 3.58. The van der Waals surface area contributed by atoms with E-state index < -0.39 is 0 Å². The minimum Gasteiger partial charge on any atom is -0.374 e. The first-order valence-corrected chi connectivity index (χ1v) is 7.37. The number of hydrogen-bond donors (Lipinski definition) is 1. The van der Waals surface area contributed by atoms with E-state index in [0.29, 0.717) is 0 Å². The van der Waals surface area contributed by atoms with Gasteiger partial charge in [-0.2, -0.15) is 0 Å². The van der Waals surface area contributed by atoms with Gasteiger partial charge in [-0.1, -0.05) is 19.9 Å². The molecule has 0 saturated carbocycles. The first kappa shape index (κ1) is 17.0. The molecule has 0 aliphatic carbocycles. The zero-order chi connectivity index (χ0) is 15.4. The summed E-state index contributed by atoms with van der Waals surface area (Å²) >= 11 is 0. The standard InChI is InChI=1S/C17H29FN2/c1-7-17(5,12-19-16(2,3)4)13-20(6)15-10-8-9-14(18)11-15/h8-11,19H,7,12-13H2,1-6H3. The van der Waals surface area contributed by atoms with E-state index in [9.17, 15) is 4.39 Å². The normalized spacial score (nSPS) is 14.9. The Morgan fingerprint density at radius 1 is 1.20 bits per heavy atom. The second-order valence-corrected chi connectivity index (χ2v) is 7.10. The van der Waals surface area contributed by atoms with Crippen molar-refractivity contribution in [1.29, 1.82) is 0 Å². The van der Waals surface area contributed by atoms with Crippen molar-refractivity contribution in [3.05, 3.63) is 30.1 Å². The number of hydrogen-bond acceptors (Lipinski definition) is 2. The first-order chi connectivity index (χ1) is 9.15. The molecule has 20 heavy (non-hydrogen) atoms. The molecule has 0 fully saturated rings. The summed E-state index contributed by atoms with van der Waals surface area (Å²) in [4.78, 5) is 2.14. The average molecular weight is 280 g/mol. The molecule has 0 heterocycles. The fraction of sp³-hybridized carbons (Fsp3) is 0.647. The highest BCUT2D eigenvalue weighted by atomic mass is 19.1. The van der Waals surface area contributed by atoms with Crippen LogP contribution >= 0.6 is 0 Å². The van der Waals surface area contributed by atoms with Crippen LogP contribution in [0.15, 0.2) is 24.3 Å². The van der Waals surface area contributed by atoms with Crippen LogP contribution in [0.3, 0.4) is 0 Å². The summed E-state index contributed by atoms with van der Waals surface area (Å²) in [6, 6.07) is 6.79. The lowest BCUT2D eigenvalue weighted by Gasteiger charge is -2.36. The van der Waals surface area contributed by atoms with Crippen molar-refractivity contribution < 1.29 is 4.39 Å². The first-order valence-electron chi connectivity index (χ1n) is 7.37. The highest BCUT2D eigenvalue weighted by Gasteiger charge is 2.26. The Morgan fingerprint density at radius 3 is 2.35 bits per heavy atom. The van der Waals surface area contributed by atoms with Gasteiger partial charge in [-0.3, -0.25) is 0 Å². The molecule has 0 amide bonds. The molecular formula is C17H29FN2. The molecule has 114 valence electrons. The number of nitrogens with zero attached hydrogens (tertiary/aromatic N) is 1. The van der Waals surface area contributed by atoms with Gasteiger partial charge in [0.1, 0.15) is 5.82 Å². The molecular weight excluding hydrogens is 251 g/mol. The number of anilines is 1. The van der Waals surface area contributed by atoms with Crippen LogP contribution in [0.25, 0.3) is 0 Å². The minimum atomic E-state index is -0.180. The van der Waals surface area contributed by atoms with Gasteiger partial charge in [0, 0.05) is 31.4 Å². The van der Waals surface area contributed by atoms with Crippen LogP contribution in [0.2, 0.25) is 0 Å². The molecule has 1 aromatic rings. The molecule has 2 nitrogen and oxygen atoms in total. The number of benzene rings is 1. The van der Waals surface area contributed by atoms with E-state index in [0.717, 1.165) is 25.2 Å². The number of rotatable bonds is 6. The van der Waals surface area contributed by atoms with Gasteiger partial charge in [-0.25, -0.2) is 4.39 Å². The Kier molecular flexibility index (Phi) is 5.58. The molecule has 1 aromatic carbocycles. The van der Waals surface area contributed by atoms with E-state index in [-0.39, 0.29) is 16.8 Å². The van der Waals surface area contributed by atoms with E-state index in [2.05, 4.69) is 44.8 Å². The van der Waals surface area contributed by atoms with Crippen molar-refractivity contribution in [2.45, 2.75) is 46.6 Å². The molecule has 0 radical (unpaired) electrons. The maximum absolute atomic E-state index is 13.3. The van der Waals surface area contributed by atoms with Crippen LogP contribution in [0.1, 0.15) is 41.0 Å². The van der Waals surface area contributed by atoms with E-state index in [4.69, 9.17) is 0 Å². The van der Waals surface area contributed by atoms with Crippen molar-refractivity contribution in [1.82, 2.24) is 5.32 Å². The number of nitrogens with one attached hydrogen (secondary N) is 1. The van der Waals surface area contributed by atoms with E-state index in [1.807, 2.05) is 13.1 Å². The van der Waals surface area contributed by atoms with Crippen LogP contribution in [0.4, 0.5) is 10.1 Å². The summed E-state index contributed by atoms with van der Waals surface area (Å²) < 4.78 is 13.3. The average Bonchev–Trinajstić information content (AvgIpc) is 2.36. The van der Waals surface area contributed by atoms with Crippen LogP contribution in [-0.4, -0.2) is 25.7 Å². The largest absolute Gasteiger partial charge is 0.374 e. The third-order valence-corrected chi connectivity index (χ3v) is 3.77. The van der Waals surface area contributed by atoms with Gasteiger partial charge in [0.2, 0.25) is 0 Å². The summed E-state index contributed by atoms with van der Waals surface area (Å²) in [7, 11) is 2.03. The Labute approximate surface area is 123 Å². The van der Waals surface area contributed by atoms with Crippen molar-refractivity contribution >= 4 is 5.69 Å². The predicted octanol–water partition coefficient (Wildman–Crippen LogP) is 4.07. The van der Waals surface area contributed by atoms with Crippen molar-refractivity contribution in [3.8, 4) is 0 Å². The lowest BCUT2D eigenvalue weighted by molar-refractivity contribution is 0.262. The molecule has 3 heteroatoms. The molecule has 0 aliphatic heterocycles. The van der Waals surface area contributed by atoms with Crippen LogP contribution in [0, 0.1) is 11.2 Å². The molecule has 1 unspecified atom stereocenters. The van der Waals surface area contributed by atoms with Crippen LogP contribution in [-0.2, 0) is 0 Å². The third kappa shape index (κ3) is 5.49. The van der Waals surface area contributed by atoms with Crippen LogP contribution in [0.5, 0.6) is 0 Å². The Hall–Kier alpha value is -1.09.